The number of nitrogens with zero attached hydrogens (tertiary/aromatic N) is 3. The SMILES string of the molecule is Oc1cc(C(F)(F)F)ccc1-c1nnc(N[C@@H]2CCCN(C3CCNCC3)C2)c2c1COC2. The summed E-state index contributed by atoms with van der Waals surface area (Å²) in [7, 11) is 0. The lowest BCUT2D eigenvalue weighted by Gasteiger charge is -2.40. The van der Waals surface area contributed by atoms with Crippen molar-refractivity contribution in [1.82, 2.24) is 20.4 Å². The molecule has 178 valence electrons. The second-order valence-corrected chi connectivity index (χ2v) is 9.04. The Balaban J connectivity index is 1.36. The minimum Gasteiger partial charge on any atom is -0.507 e. The molecular formula is C23H28F3N5O2. The van der Waals surface area contributed by atoms with Gasteiger partial charge < -0.3 is 20.5 Å². The number of aromatic hydroxyl groups is 1. The molecule has 0 saturated carbocycles. The van der Waals surface area contributed by atoms with Crippen LogP contribution in [0.3, 0.4) is 0 Å². The number of piperidine rings is 2. The minimum absolute atomic E-state index is 0.221. The Hall–Kier alpha value is -2.43. The zero-order valence-corrected chi connectivity index (χ0v) is 18.3. The van der Waals surface area contributed by atoms with E-state index in [2.05, 4.69) is 25.7 Å². The van der Waals surface area contributed by atoms with Crippen molar-refractivity contribution in [2.75, 3.05) is 31.5 Å². The molecule has 0 aliphatic carbocycles. The van der Waals surface area contributed by atoms with E-state index in [1.165, 1.54) is 18.9 Å². The first-order valence-electron chi connectivity index (χ1n) is 11.5. The van der Waals surface area contributed by atoms with Crippen LogP contribution in [0.4, 0.5) is 19.0 Å². The van der Waals surface area contributed by atoms with Crippen LogP contribution in [0.5, 0.6) is 5.75 Å². The van der Waals surface area contributed by atoms with Gasteiger partial charge in [-0.3, -0.25) is 4.90 Å². The molecule has 3 aliphatic rings. The van der Waals surface area contributed by atoms with Crippen molar-refractivity contribution >= 4 is 5.82 Å². The van der Waals surface area contributed by atoms with Gasteiger partial charge in [-0.25, -0.2) is 0 Å². The van der Waals surface area contributed by atoms with Crippen molar-refractivity contribution in [2.24, 2.45) is 0 Å². The van der Waals surface area contributed by atoms with E-state index in [1.807, 2.05) is 0 Å². The Morgan fingerprint density at radius 3 is 2.64 bits per heavy atom. The lowest BCUT2D eigenvalue weighted by Crippen LogP contribution is -2.50. The average Bonchev–Trinajstić information content (AvgIpc) is 3.30. The fraction of sp³-hybridized carbons (Fsp3) is 0.565. The van der Waals surface area contributed by atoms with E-state index in [4.69, 9.17) is 4.74 Å². The normalized spacial score (nSPS) is 22.3. The molecule has 0 radical (unpaired) electrons. The highest BCUT2D eigenvalue weighted by Crippen LogP contribution is 2.40. The molecule has 2 fully saturated rings. The highest BCUT2D eigenvalue weighted by atomic mass is 19.4. The van der Waals surface area contributed by atoms with Gasteiger partial charge in [-0.1, -0.05) is 0 Å². The molecule has 1 aromatic carbocycles. The second kappa shape index (κ2) is 9.08. The number of phenolic OH excluding ortho intramolecular Hbond substituents is 1. The predicted molar refractivity (Wildman–Crippen MR) is 117 cm³/mol. The van der Waals surface area contributed by atoms with E-state index in [1.54, 1.807) is 0 Å². The molecule has 0 unspecified atom stereocenters. The number of anilines is 1. The number of ether oxygens (including phenoxy) is 1. The topological polar surface area (TPSA) is 82.5 Å². The number of nitrogens with one attached hydrogen (secondary N) is 2. The van der Waals surface area contributed by atoms with Gasteiger partial charge in [0.1, 0.15) is 11.4 Å². The molecule has 2 aromatic rings. The third kappa shape index (κ3) is 4.64. The van der Waals surface area contributed by atoms with Crippen LogP contribution in [-0.2, 0) is 24.1 Å². The molecule has 3 aliphatic heterocycles. The monoisotopic (exact) mass is 463 g/mol. The summed E-state index contributed by atoms with van der Waals surface area (Å²) < 4.78 is 44.6. The predicted octanol–water partition coefficient (Wildman–Crippen LogP) is 3.53. The van der Waals surface area contributed by atoms with Crippen LogP contribution in [0.15, 0.2) is 18.2 Å². The molecule has 10 heteroatoms. The fourth-order valence-corrected chi connectivity index (χ4v) is 5.13. The Kier molecular flexibility index (Phi) is 6.15. The van der Waals surface area contributed by atoms with Crippen molar-refractivity contribution in [1.29, 1.82) is 0 Å². The highest BCUT2D eigenvalue weighted by Gasteiger charge is 2.33. The summed E-state index contributed by atoms with van der Waals surface area (Å²) in [5, 5.41) is 25.9. The Labute approximate surface area is 190 Å². The van der Waals surface area contributed by atoms with Gasteiger partial charge in [0.25, 0.3) is 0 Å². The summed E-state index contributed by atoms with van der Waals surface area (Å²) in [6, 6.07) is 3.77. The quantitative estimate of drug-likeness (QED) is 0.640. The van der Waals surface area contributed by atoms with E-state index >= 15 is 0 Å². The number of halogens is 3. The van der Waals surface area contributed by atoms with E-state index < -0.39 is 17.5 Å². The van der Waals surface area contributed by atoms with Gasteiger partial charge in [0, 0.05) is 35.3 Å². The van der Waals surface area contributed by atoms with Crippen LogP contribution < -0.4 is 10.6 Å². The number of hydrogen-bond acceptors (Lipinski definition) is 7. The van der Waals surface area contributed by atoms with Gasteiger partial charge in [0.05, 0.1) is 18.8 Å². The summed E-state index contributed by atoms with van der Waals surface area (Å²) in [6.07, 6.45) is -0.0316. The van der Waals surface area contributed by atoms with Crippen molar-refractivity contribution in [3.8, 4) is 17.0 Å². The summed E-state index contributed by atoms with van der Waals surface area (Å²) in [5.74, 6) is 0.189. The Bertz CT molecular complexity index is 1010. The standard InChI is InChI=1S/C23H28F3N5O2/c24-23(25,26)14-3-4-17(20(32)10-14)21-18-12-33-13-19(18)22(30-29-21)28-15-2-1-9-31(11-15)16-5-7-27-8-6-16/h3-4,10,15-16,27,32H,1-2,5-9,11-13H2,(H,28,30)/t15-/m1/s1. The number of fused-ring (bicyclic) bond motifs is 1. The van der Waals surface area contributed by atoms with E-state index in [-0.39, 0.29) is 18.2 Å². The van der Waals surface area contributed by atoms with Crippen LogP contribution in [0.25, 0.3) is 11.3 Å². The first-order chi connectivity index (χ1) is 15.9. The molecule has 3 N–H and O–H groups in total. The Morgan fingerprint density at radius 1 is 1.09 bits per heavy atom. The van der Waals surface area contributed by atoms with E-state index in [9.17, 15) is 18.3 Å². The molecular weight excluding hydrogens is 435 g/mol. The summed E-state index contributed by atoms with van der Waals surface area (Å²) >= 11 is 0. The van der Waals surface area contributed by atoms with Gasteiger partial charge >= 0.3 is 6.18 Å². The number of phenols is 1. The number of aromatic nitrogens is 2. The molecule has 0 spiro atoms. The second-order valence-electron chi connectivity index (χ2n) is 9.04. The molecule has 33 heavy (non-hydrogen) atoms. The maximum Gasteiger partial charge on any atom is 0.416 e. The van der Waals surface area contributed by atoms with E-state index in [0.717, 1.165) is 62.3 Å². The number of likely N-dealkylation sites (tertiary alicyclic amines) is 1. The van der Waals surface area contributed by atoms with E-state index in [0.29, 0.717) is 24.2 Å². The molecule has 0 bridgehead atoms. The zero-order valence-electron chi connectivity index (χ0n) is 18.3. The average molecular weight is 464 g/mol. The molecule has 4 heterocycles. The van der Waals surface area contributed by atoms with Gasteiger partial charge in [0.15, 0.2) is 5.82 Å². The van der Waals surface area contributed by atoms with Crippen molar-refractivity contribution < 1.29 is 23.0 Å². The summed E-state index contributed by atoms with van der Waals surface area (Å²) in [4.78, 5) is 2.57. The molecule has 1 aromatic heterocycles. The lowest BCUT2D eigenvalue weighted by molar-refractivity contribution is -0.137. The van der Waals surface area contributed by atoms with Crippen LogP contribution in [-0.4, -0.2) is 58.5 Å². The molecule has 5 rings (SSSR count). The number of hydrogen-bond donors (Lipinski definition) is 3. The third-order valence-electron chi connectivity index (χ3n) is 6.88. The van der Waals surface area contributed by atoms with Crippen LogP contribution >= 0.6 is 0 Å². The summed E-state index contributed by atoms with van der Waals surface area (Å²) in [6.45, 7) is 4.82. The number of benzene rings is 1. The first-order valence-corrected chi connectivity index (χ1v) is 11.5. The minimum atomic E-state index is -4.53. The molecule has 2 saturated heterocycles. The maximum absolute atomic E-state index is 13.0. The number of rotatable bonds is 4. The Morgan fingerprint density at radius 2 is 1.88 bits per heavy atom. The van der Waals surface area contributed by atoms with Gasteiger partial charge in [-0.15, -0.1) is 10.2 Å². The van der Waals surface area contributed by atoms with Crippen LogP contribution in [0, 0.1) is 0 Å². The van der Waals surface area contributed by atoms with Crippen molar-refractivity contribution in [2.45, 2.75) is 57.2 Å². The largest absolute Gasteiger partial charge is 0.507 e. The molecule has 1 atom stereocenters. The van der Waals surface area contributed by atoms with Gasteiger partial charge in [0.2, 0.25) is 0 Å². The third-order valence-corrected chi connectivity index (χ3v) is 6.88. The highest BCUT2D eigenvalue weighted by molar-refractivity contribution is 5.73. The zero-order chi connectivity index (χ0) is 23.0. The van der Waals surface area contributed by atoms with Crippen molar-refractivity contribution in [3.05, 3.63) is 34.9 Å². The van der Waals surface area contributed by atoms with Crippen molar-refractivity contribution in [3.63, 3.8) is 0 Å². The maximum atomic E-state index is 13.0. The van der Waals surface area contributed by atoms with Gasteiger partial charge in [-0.05, 0) is 63.5 Å². The van der Waals surface area contributed by atoms with Crippen LogP contribution in [0.2, 0.25) is 0 Å². The summed E-state index contributed by atoms with van der Waals surface area (Å²) in [5.41, 5.74) is 1.29. The smallest absolute Gasteiger partial charge is 0.416 e. The molecule has 0 amide bonds. The van der Waals surface area contributed by atoms with Crippen LogP contribution in [0.1, 0.15) is 42.4 Å². The fourth-order valence-electron chi connectivity index (χ4n) is 5.13. The molecule has 7 nitrogen and oxygen atoms in total. The lowest BCUT2D eigenvalue weighted by atomic mass is 9.98. The first kappa shape index (κ1) is 22.4. The van der Waals surface area contributed by atoms with Gasteiger partial charge in [-0.2, -0.15) is 13.2 Å². The number of alkyl halides is 3.